The van der Waals surface area contributed by atoms with E-state index in [4.69, 9.17) is 5.11 Å². The van der Waals surface area contributed by atoms with Crippen molar-refractivity contribution in [3.05, 3.63) is 12.4 Å². The summed E-state index contributed by atoms with van der Waals surface area (Å²) in [5.41, 5.74) is 0. The highest BCUT2D eigenvalue weighted by Crippen LogP contribution is 1.84. The number of esters is 1. The van der Waals surface area contributed by atoms with E-state index < -0.39 is 5.97 Å². The molecule has 0 bridgehead atoms. The number of hydrogen-bond donors (Lipinski definition) is 1. The van der Waals surface area contributed by atoms with Crippen LogP contribution in [-0.4, -0.2) is 39.3 Å². The first-order chi connectivity index (χ1) is 5.83. The quantitative estimate of drug-likeness (QED) is 0.576. The average molecular weight is 171 g/mol. The summed E-state index contributed by atoms with van der Waals surface area (Å²) >= 11 is 0. The molecule has 0 amide bonds. The zero-order chi connectivity index (χ0) is 8.81. The van der Waals surface area contributed by atoms with E-state index in [1.165, 1.54) is 10.9 Å². The lowest BCUT2D eigenvalue weighted by Gasteiger charge is -2.00. The molecule has 1 N–H and O–H groups in total. The first-order valence-corrected chi connectivity index (χ1v) is 3.43. The molecule has 6 nitrogen and oxygen atoms in total. The van der Waals surface area contributed by atoms with Gasteiger partial charge in [-0.15, -0.1) is 5.10 Å². The zero-order valence-electron chi connectivity index (χ0n) is 6.38. The maximum Gasteiger partial charge on any atom is 0.327 e. The molecule has 0 aliphatic rings. The van der Waals surface area contributed by atoms with Gasteiger partial charge in [-0.05, 0) is 0 Å². The minimum absolute atomic E-state index is 0.0214. The molecule has 6 heteroatoms. The summed E-state index contributed by atoms with van der Waals surface area (Å²) in [4.78, 5) is 10.8. The smallest absolute Gasteiger partial charge is 0.327 e. The lowest BCUT2D eigenvalue weighted by atomic mass is 10.6. The molecule has 0 fully saturated rings. The number of rotatable bonds is 4. The van der Waals surface area contributed by atoms with Crippen LogP contribution in [-0.2, 0) is 16.1 Å². The Balaban J connectivity index is 2.27. The van der Waals surface area contributed by atoms with Crippen molar-refractivity contribution < 1.29 is 14.6 Å². The Morgan fingerprint density at radius 1 is 1.67 bits per heavy atom. The van der Waals surface area contributed by atoms with Gasteiger partial charge >= 0.3 is 5.97 Å². The number of aromatic nitrogens is 3. The van der Waals surface area contributed by atoms with E-state index in [1.807, 2.05) is 0 Å². The largest absolute Gasteiger partial charge is 0.462 e. The van der Waals surface area contributed by atoms with Gasteiger partial charge in [0.05, 0.1) is 12.8 Å². The van der Waals surface area contributed by atoms with Crippen molar-refractivity contribution >= 4 is 5.97 Å². The molecule has 0 unspecified atom stereocenters. The number of hydrogen-bond acceptors (Lipinski definition) is 5. The Hall–Kier alpha value is -1.43. The summed E-state index contributed by atoms with van der Waals surface area (Å²) in [5, 5.41) is 15.4. The minimum atomic E-state index is -0.436. The van der Waals surface area contributed by atoms with Crippen LogP contribution in [0.1, 0.15) is 0 Å². The Morgan fingerprint density at radius 2 is 2.50 bits per heavy atom. The third-order valence-electron chi connectivity index (χ3n) is 1.12. The Morgan fingerprint density at radius 3 is 3.08 bits per heavy atom. The second-order valence-corrected chi connectivity index (χ2v) is 2.04. The van der Waals surface area contributed by atoms with Crippen molar-refractivity contribution in [1.29, 1.82) is 0 Å². The standard InChI is InChI=1S/C6H9N3O3/c10-3-4-12-6(11)5-9-2-1-7-8-9/h1-2,10H,3-5H2. The van der Waals surface area contributed by atoms with Crippen LogP contribution in [0.15, 0.2) is 12.4 Å². The molecule has 0 aromatic carbocycles. The van der Waals surface area contributed by atoms with Crippen LogP contribution in [0.2, 0.25) is 0 Å². The molecule has 0 spiro atoms. The van der Waals surface area contributed by atoms with Gasteiger partial charge in [0.1, 0.15) is 13.2 Å². The molecule has 0 saturated carbocycles. The predicted molar refractivity (Wildman–Crippen MR) is 38.1 cm³/mol. The van der Waals surface area contributed by atoms with Crippen LogP contribution >= 0.6 is 0 Å². The molecular weight excluding hydrogens is 162 g/mol. The monoisotopic (exact) mass is 171 g/mol. The lowest BCUT2D eigenvalue weighted by molar-refractivity contribution is -0.145. The van der Waals surface area contributed by atoms with Gasteiger partial charge in [-0.2, -0.15) is 0 Å². The van der Waals surface area contributed by atoms with Gasteiger partial charge in [-0.3, -0.25) is 4.79 Å². The van der Waals surface area contributed by atoms with Gasteiger partial charge in [0, 0.05) is 6.20 Å². The lowest BCUT2D eigenvalue weighted by Crippen LogP contribution is -2.15. The SMILES string of the molecule is O=C(Cn1ccnn1)OCCO. The third kappa shape index (κ3) is 2.67. The number of carbonyl (C=O) groups is 1. The first-order valence-electron chi connectivity index (χ1n) is 3.43. The fourth-order valence-corrected chi connectivity index (χ4v) is 0.654. The number of carbonyl (C=O) groups excluding carboxylic acids is 1. The highest BCUT2D eigenvalue weighted by Gasteiger charge is 2.02. The molecule has 0 aliphatic heterocycles. The van der Waals surface area contributed by atoms with E-state index >= 15 is 0 Å². The molecule has 1 heterocycles. The topological polar surface area (TPSA) is 77.2 Å². The van der Waals surface area contributed by atoms with Crippen molar-refractivity contribution in [1.82, 2.24) is 15.0 Å². The van der Waals surface area contributed by atoms with E-state index in [2.05, 4.69) is 15.0 Å². The molecule has 12 heavy (non-hydrogen) atoms. The van der Waals surface area contributed by atoms with Gasteiger partial charge < -0.3 is 9.84 Å². The molecule has 66 valence electrons. The Bertz CT molecular complexity index is 234. The summed E-state index contributed by atoms with van der Waals surface area (Å²) in [6, 6.07) is 0. The van der Waals surface area contributed by atoms with Gasteiger partial charge in [0.2, 0.25) is 0 Å². The van der Waals surface area contributed by atoms with Crippen molar-refractivity contribution in [2.24, 2.45) is 0 Å². The van der Waals surface area contributed by atoms with Crippen LogP contribution in [0.3, 0.4) is 0 Å². The fraction of sp³-hybridized carbons (Fsp3) is 0.500. The van der Waals surface area contributed by atoms with Crippen LogP contribution < -0.4 is 0 Å². The highest BCUT2D eigenvalue weighted by atomic mass is 16.5. The van der Waals surface area contributed by atoms with Gasteiger partial charge in [0.25, 0.3) is 0 Å². The van der Waals surface area contributed by atoms with Crippen LogP contribution in [0.25, 0.3) is 0 Å². The molecule has 0 atom stereocenters. The number of aliphatic hydroxyl groups is 1. The maximum absolute atomic E-state index is 10.8. The second-order valence-electron chi connectivity index (χ2n) is 2.04. The number of nitrogens with zero attached hydrogens (tertiary/aromatic N) is 3. The van der Waals surface area contributed by atoms with Gasteiger partial charge in [-0.25, -0.2) is 4.68 Å². The molecule has 1 aromatic rings. The van der Waals surface area contributed by atoms with Gasteiger partial charge in [-0.1, -0.05) is 5.21 Å². The summed E-state index contributed by atoms with van der Waals surface area (Å²) in [6.07, 6.45) is 3.03. The maximum atomic E-state index is 10.8. The van der Waals surface area contributed by atoms with Crippen molar-refractivity contribution in [2.45, 2.75) is 6.54 Å². The summed E-state index contributed by atoms with van der Waals surface area (Å²) in [5.74, 6) is -0.436. The van der Waals surface area contributed by atoms with E-state index in [-0.39, 0.29) is 19.8 Å². The second kappa shape index (κ2) is 4.45. The molecule has 0 aliphatic carbocycles. The predicted octanol–water partition coefficient (Wildman–Crippen LogP) is -1.19. The van der Waals surface area contributed by atoms with Crippen LogP contribution in [0.5, 0.6) is 0 Å². The van der Waals surface area contributed by atoms with Crippen molar-refractivity contribution in [3.8, 4) is 0 Å². The van der Waals surface area contributed by atoms with Crippen LogP contribution in [0.4, 0.5) is 0 Å². The minimum Gasteiger partial charge on any atom is -0.462 e. The van der Waals surface area contributed by atoms with E-state index in [9.17, 15) is 4.79 Å². The molecule has 1 aromatic heterocycles. The number of ether oxygens (including phenoxy) is 1. The molecule has 0 radical (unpaired) electrons. The first kappa shape index (κ1) is 8.66. The Kier molecular flexibility index (Phi) is 3.21. The zero-order valence-corrected chi connectivity index (χ0v) is 6.38. The van der Waals surface area contributed by atoms with Crippen LogP contribution in [0, 0.1) is 0 Å². The van der Waals surface area contributed by atoms with Crippen molar-refractivity contribution in [2.75, 3.05) is 13.2 Å². The molecular formula is C6H9N3O3. The molecule has 1 rings (SSSR count). The summed E-state index contributed by atoms with van der Waals surface area (Å²) in [6.45, 7) is -0.114. The van der Waals surface area contributed by atoms with E-state index in [0.29, 0.717) is 0 Å². The van der Waals surface area contributed by atoms with E-state index in [0.717, 1.165) is 0 Å². The third-order valence-corrected chi connectivity index (χ3v) is 1.12. The number of aliphatic hydroxyl groups excluding tert-OH is 1. The summed E-state index contributed by atoms with van der Waals surface area (Å²) < 4.78 is 5.93. The summed E-state index contributed by atoms with van der Waals surface area (Å²) in [7, 11) is 0. The van der Waals surface area contributed by atoms with Crippen molar-refractivity contribution in [3.63, 3.8) is 0 Å². The highest BCUT2D eigenvalue weighted by molar-refractivity contribution is 5.68. The Labute approximate surface area is 68.8 Å². The van der Waals surface area contributed by atoms with Gasteiger partial charge in [0.15, 0.2) is 0 Å². The van der Waals surface area contributed by atoms with E-state index in [1.54, 1.807) is 6.20 Å². The average Bonchev–Trinajstić information content (AvgIpc) is 2.53. The normalized spacial score (nSPS) is 9.75. The fourth-order valence-electron chi connectivity index (χ4n) is 0.654. The molecule has 0 saturated heterocycles.